The molecule has 110 valence electrons. The first kappa shape index (κ1) is 15.5. The maximum absolute atomic E-state index is 12.1. The quantitative estimate of drug-likeness (QED) is 0.754. The first-order chi connectivity index (χ1) is 9.65. The third-order valence-electron chi connectivity index (χ3n) is 3.71. The Hall–Kier alpha value is -0.900. The van der Waals surface area contributed by atoms with Crippen LogP contribution < -0.4 is 0 Å². The molecule has 0 radical (unpaired) electrons. The Morgan fingerprint density at radius 3 is 2.80 bits per heavy atom. The Bertz CT molecular complexity index is 427. The fourth-order valence-corrected chi connectivity index (χ4v) is 2.68. The fraction of sp³-hybridized carbons (Fsp3) is 0.562. The highest BCUT2D eigenvalue weighted by Crippen LogP contribution is 2.15. The predicted molar refractivity (Wildman–Crippen MR) is 81.4 cm³/mol. The van der Waals surface area contributed by atoms with Gasteiger partial charge in [-0.2, -0.15) is 0 Å². The molecular formula is C16H22ClNO2. The number of hydrogen-bond acceptors (Lipinski definition) is 3. The van der Waals surface area contributed by atoms with Crippen LogP contribution in [0.4, 0.5) is 0 Å². The maximum atomic E-state index is 12.1. The van der Waals surface area contributed by atoms with E-state index in [-0.39, 0.29) is 5.78 Å². The summed E-state index contributed by atoms with van der Waals surface area (Å²) in [5, 5.41) is 0.663. The summed E-state index contributed by atoms with van der Waals surface area (Å²) in [6.07, 6.45) is 2.93. The van der Waals surface area contributed by atoms with Crippen LogP contribution in [0.15, 0.2) is 24.3 Å². The summed E-state index contributed by atoms with van der Waals surface area (Å²) in [5.74, 6) is 0.785. The van der Waals surface area contributed by atoms with Gasteiger partial charge in [-0.1, -0.05) is 11.6 Å². The van der Waals surface area contributed by atoms with Gasteiger partial charge in [0.15, 0.2) is 5.78 Å². The van der Waals surface area contributed by atoms with Crippen molar-refractivity contribution in [2.75, 3.05) is 33.4 Å². The molecule has 1 aromatic carbocycles. The number of carbonyl (C=O) groups is 1. The third-order valence-corrected chi connectivity index (χ3v) is 3.96. The number of Topliss-reactive ketones (excluding diaryl/α,β-unsaturated/α-hetero) is 1. The highest BCUT2D eigenvalue weighted by Gasteiger charge is 2.16. The average molecular weight is 296 g/mol. The number of benzene rings is 1. The van der Waals surface area contributed by atoms with E-state index in [1.807, 2.05) is 0 Å². The van der Waals surface area contributed by atoms with E-state index in [4.69, 9.17) is 16.3 Å². The minimum absolute atomic E-state index is 0.174. The van der Waals surface area contributed by atoms with Gasteiger partial charge in [-0.25, -0.2) is 0 Å². The highest BCUT2D eigenvalue weighted by molar-refractivity contribution is 6.30. The van der Waals surface area contributed by atoms with Crippen molar-refractivity contribution in [3.8, 4) is 0 Å². The smallest absolute Gasteiger partial charge is 0.164 e. The van der Waals surface area contributed by atoms with Crippen molar-refractivity contribution in [3.05, 3.63) is 34.9 Å². The van der Waals surface area contributed by atoms with E-state index in [2.05, 4.69) is 11.9 Å². The van der Waals surface area contributed by atoms with Crippen LogP contribution in [0.1, 0.15) is 29.6 Å². The van der Waals surface area contributed by atoms with Gasteiger partial charge in [0.1, 0.15) is 0 Å². The van der Waals surface area contributed by atoms with Crippen LogP contribution >= 0.6 is 11.6 Å². The predicted octanol–water partition coefficient (Wildman–Crippen LogP) is 3.27. The van der Waals surface area contributed by atoms with E-state index in [1.54, 1.807) is 24.3 Å². The van der Waals surface area contributed by atoms with Crippen LogP contribution in [0.25, 0.3) is 0 Å². The second-order valence-corrected chi connectivity index (χ2v) is 5.96. The van der Waals surface area contributed by atoms with Gasteiger partial charge in [0, 0.05) is 36.7 Å². The molecule has 1 saturated heterocycles. The number of halogens is 1. The molecule has 1 fully saturated rings. The average Bonchev–Trinajstić information content (AvgIpc) is 2.46. The molecule has 0 saturated carbocycles. The van der Waals surface area contributed by atoms with E-state index in [0.29, 0.717) is 17.4 Å². The van der Waals surface area contributed by atoms with Crippen molar-refractivity contribution in [1.29, 1.82) is 0 Å². The Labute approximate surface area is 125 Å². The SMILES string of the molecule is CN(CCC(=O)c1ccc(Cl)cc1)CC1CCCOC1. The van der Waals surface area contributed by atoms with E-state index in [9.17, 15) is 4.79 Å². The maximum Gasteiger partial charge on any atom is 0.164 e. The van der Waals surface area contributed by atoms with E-state index >= 15 is 0 Å². The Morgan fingerprint density at radius 1 is 1.40 bits per heavy atom. The van der Waals surface area contributed by atoms with Crippen LogP contribution in [-0.4, -0.2) is 44.0 Å². The third kappa shape index (κ3) is 4.89. The lowest BCUT2D eigenvalue weighted by Gasteiger charge is -2.26. The van der Waals surface area contributed by atoms with Crippen LogP contribution in [-0.2, 0) is 4.74 Å². The van der Waals surface area contributed by atoms with Gasteiger partial charge in [0.2, 0.25) is 0 Å². The van der Waals surface area contributed by atoms with Crippen molar-refractivity contribution in [1.82, 2.24) is 4.90 Å². The number of carbonyl (C=O) groups excluding carboxylic acids is 1. The molecule has 4 heteroatoms. The van der Waals surface area contributed by atoms with E-state index < -0.39 is 0 Å². The molecule has 0 amide bonds. The van der Waals surface area contributed by atoms with Crippen molar-refractivity contribution in [3.63, 3.8) is 0 Å². The Morgan fingerprint density at radius 2 is 2.15 bits per heavy atom. The molecule has 0 aromatic heterocycles. The largest absolute Gasteiger partial charge is 0.381 e. The van der Waals surface area contributed by atoms with Crippen molar-refractivity contribution in [2.45, 2.75) is 19.3 Å². The minimum atomic E-state index is 0.174. The van der Waals surface area contributed by atoms with E-state index in [1.165, 1.54) is 6.42 Å². The number of ether oxygens (including phenoxy) is 1. The molecule has 1 aromatic rings. The van der Waals surface area contributed by atoms with Gasteiger partial charge in [0.25, 0.3) is 0 Å². The second-order valence-electron chi connectivity index (χ2n) is 5.53. The topological polar surface area (TPSA) is 29.5 Å². The normalized spacial score (nSPS) is 19.2. The van der Waals surface area contributed by atoms with Crippen molar-refractivity contribution in [2.24, 2.45) is 5.92 Å². The van der Waals surface area contributed by atoms with Crippen LogP contribution in [0.5, 0.6) is 0 Å². The molecule has 20 heavy (non-hydrogen) atoms. The minimum Gasteiger partial charge on any atom is -0.381 e. The van der Waals surface area contributed by atoms with Crippen molar-refractivity contribution >= 4 is 17.4 Å². The summed E-state index contributed by atoms with van der Waals surface area (Å²) in [6.45, 7) is 3.55. The van der Waals surface area contributed by atoms with Gasteiger partial charge >= 0.3 is 0 Å². The molecule has 1 atom stereocenters. The van der Waals surface area contributed by atoms with Crippen LogP contribution in [0.3, 0.4) is 0 Å². The highest BCUT2D eigenvalue weighted by atomic mass is 35.5. The molecule has 2 rings (SSSR count). The van der Waals surface area contributed by atoms with Gasteiger partial charge in [-0.3, -0.25) is 4.79 Å². The van der Waals surface area contributed by atoms with Gasteiger partial charge in [0.05, 0.1) is 6.61 Å². The molecule has 1 unspecified atom stereocenters. The standard InChI is InChI=1S/C16H22ClNO2/c1-18(11-13-3-2-10-20-12-13)9-8-16(19)14-4-6-15(17)7-5-14/h4-7,13H,2-3,8-12H2,1H3. The van der Waals surface area contributed by atoms with Gasteiger partial charge in [-0.15, -0.1) is 0 Å². The molecule has 0 aliphatic carbocycles. The number of hydrogen-bond donors (Lipinski definition) is 0. The molecule has 0 bridgehead atoms. The summed E-state index contributed by atoms with van der Waals surface area (Å²) >= 11 is 5.82. The van der Waals surface area contributed by atoms with Crippen LogP contribution in [0, 0.1) is 5.92 Å². The van der Waals surface area contributed by atoms with Crippen molar-refractivity contribution < 1.29 is 9.53 Å². The van der Waals surface area contributed by atoms with Gasteiger partial charge in [-0.05, 0) is 50.1 Å². The first-order valence-corrected chi connectivity index (χ1v) is 7.58. The number of ketones is 1. The number of rotatable bonds is 6. The lowest BCUT2D eigenvalue weighted by atomic mass is 10.0. The monoisotopic (exact) mass is 295 g/mol. The van der Waals surface area contributed by atoms with Crippen LogP contribution in [0.2, 0.25) is 5.02 Å². The molecule has 1 aliphatic heterocycles. The summed E-state index contributed by atoms with van der Waals surface area (Å²) in [6, 6.07) is 7.11. The lowest BCUT2D eigenvalue weighted by Crippen LogP contribution is -2.32. The molecule has 3 nitrogen and oxygen atoms in total. The summed E-state index contributed by atoms with van der Waals surface area (Å²) in [7, 11) is 2.07. The fourth-order valence-electron chi connectivity index (χ4n) is 2.56. The zero-order valence-corrected chi connectivity index (χ0v) is 12.7. The zero-order valence-electron chi connectivity index (χ0n) is 12.0. The Kier molecular flexibility index (Phi) is 6.02. The van der Waals surface area contributed by atoms with Gasteiger partial charge < -0.3 is 9.64 Å². The number of nitrogens with zero attached hydrogens (tertiary/aromatic N) is 1. The summed E-state index contributed by atoms with van der Waals surface area (Å²) < 4.78 is 5.48. The summed E-state index contributed by atoms with van der Waals surface area (Å²) in [5.41, 5.74) is 0.740. The molecular weight excluding hydrogens is 274 g/mol. The Balaban J connectivity index is 1.73. The molecule has 0 N–H and O–H groups in total. The zero-order chi connectivity index (χ0) is 14.4. The molecule has 1 heterocycles. The second kappa shape index (κ2) is 7.77. The summed E-state index contributed by atoms with van der Waals surface area (Å²) in [4.78, 5) is 14.3. The lowest BCUT2D eigenvalue weighted by molar-refractivity contribution is 0.0418. The first-order valence-electron chi connectivity index (χ1n) is 7.20. The molecule has 0 spiro atoms. The molecule has 1 aliphatic rings. The van der Waals surface area contributed by atoms with E-state index in [0.717, 1.165) is 38.3 Å².